The molecule has 4 aliphatic rings. The topological polar surface area (TPSA) is 56.5 Å². The number of hydrogen-bond acceptors (Lipinski definition) is 4. The van der Waals surface area contributed by atoms with Gasteiger partial charge in [-0.1, -0.05) is 13.8 Å². The fraction of sp³-hybridized carbons (Fsp3) is 0.857. The van der Waals surface area contributed by atoms with Crippen LogP contribution in [0.2, 0.25) is 0 Å². The zero-order chi connectivity index (χ0) is 18.5. The molecule has 1 aromatic heterocycles. The lowest BCUT2D eigenvalue weighted by molar-refractivity contribution is -0.250. The molecular formula is C21H34N2O3. The second-order valence-electron chi connectivity index (χ2n) is 10.2. The summed E-state index contributed by atoms with van der Waals surface area (Å²) in [5, 5.41) is 13.5. The minimum absolute atomic E-state index is 0.0120. The predicted octanol–water partition coefficient (Wildman–Crippen LogP) is 3.34. The molecule has 146 valence electrons. The van der Waals surface area contributed by atoms with Crippen LogP contribution in [0, 0.1) is 23.2 Å². The van der Waals surface area contributed by atoms with E-state index in [1.54, 1.807) is 0 Å². The zero-order valence-electron chi connectivity index (χ0n) is 16.6. The number of aliphatic hydroxyl groups is 1. The van der Waals surface area contributed by atoms with E-state index in [9.17, 15) is 0 Å². The van der Waals surface area contributed by atoms with Crippen LogP contribution in [0.25, 0.3) is 0 Å². The van der Waals surface area contributed by atoms with E-state index in [4.69, 9.17) is 14.6 Å². The highest BCUT2D eigenvalue weighted by Gasteiger charge is 2.66. The van der Waals surface area contributed by atoms with E-state index < -0.39 is 0 Å². The van der Waals surface area contributed by atoms with E-state index in [-0.39, 0.29) is 12.2 Å². The van der Waals surface area contributed by atoms with Crippen LogP contribution in [0.4, 0.5) is 0 Å². The molecule has 5 rings (SSSR count). The fourth-order valence-electron chi connectivity index (χ4n) is 7.52. The van der Waals surface area contributed by atoms with Crippen molar-refractivity contribution in [3.05, 3.63) is 18.0 Å². The Balaban J connectivity index is 1.54. The first-order chi connectivity index (χ1) is 12.3. The molecule has 0 spiro atoms. The van der Waals surface area contributed by atoms with Crippen molar-refractivity contribution in [3.63, 3.8) is 0 Å². The quantitative estimate of drug-likeness (QED) is 0.721. The molecule has 2 unspecified atom stereocenters. The summed E-state index contributed by atoms with van der Waals surface area (Å²) in [6.45, 7) is 9.80. The van der Waals surface area contributed by atoms with Crippen LogP contribution in [0.15, 0.2) is 12.3 Å². The van der Waals surface area contributed by atoms with Gasteiger partial charge in [-0.15, -0.1) is 0 Å². The molecule has 4 aliphatic carbocycles. The van der Waals surface area contributed by atoms with Crippen molar-refractivity contribution in [2.24, 2.45) is 16.2 Å². The van der Waals surface area contributed by atoms with Crippen molar-refractivity contribution in [3.8, 4) is 0 Å². The minimum Gasteiger partial charge on any atom is -0.394 e. The average Bonchev–Trinajstić information content (AvgIpc) is 2.88. The SMILES string of the molecule is Cc1ccnn1CC12CC3(C)CC(C)(C1)CC(OCCOCCO)(C3)C2. The Bertz CT molecular complexity index is 637. The standard InChI is InChI=1S/C21H34N2O3/c1-17-4-5-22-23(17)16-20-11-18(2)10-19(3,12-20)14-21(13-18,15-20)26-9-8-25-7-6-24/h4-5,24H,6-16H2,1-3H3. The lowest BCUT2D eigenvalue weighted by Gasteiger charge is -2.69. The fourth-order valence-corrected chi connectivity index (χ4v) is 7.52. The van der Waals surface area contributed by atoms with Gasteiger partial charge >= 0.3 is 0 Å². The number of nitrogens with zero attached hydrogens (tertiary/aromatic N) is 2. The molecule has 1 heterocycles. The summed E-state index contributed by atoms with van der Waals surface area (Å²) < 4.78 is 14.2. The number of aliphatic hydroxyl groups excluding tert-OH is 1. The van der Waals surface area contributed by atoms with Gasteiger partial charge in [-0.3, -0.25) is 4.68 Å². The Kier molecular flexibility index (Phi) is 4.48. The third-order valence-corrected chi connectivity index (χ3v) is 6.94. The van der Waals surface area contributed by atoms with Gasteiger partial charge in [0.1, 0.15) is 0 Å². The lowest BCUT2D eigenvalue weighted by atomic mass is 9.39. The van der Waals surface area contributed by atoms with Gasteiger partial charge in [-0.25, -0.2) is 0 Å². The van der Waals surface area contributed by atoms with E-state index in [0.29, 0.717) is 36.1 Å². The maximum absolute atomic E-state index is 8.87. The van der Waals surface area contributed by atoms with Crippen LogP contribution in [0.5, 0.6) is 0 Å². The van der Waals surface area contributed by atoms with Crippen LogP contribution in [0.3, 0.4) is 0 Å². The summed E-state index contributed by atoms with van der Waals surface area (Å²) in [5.74, 6) is 0. The molecule has 0 saturated heterocycles. The number of ether oxygens (including phenoxy) is 2. The molecule has 1 N–H and O–H groups in total. The lowest BCUT2D eigenvalue weighted by Crippen LogP contribution is -2.64. The highest BCUT2D eigenvalue weighted by molar-refractivity contribution is 5.17. The maximum Gasteiger partial charge on any atom is 0.0708 e. The molecule has 0 aromatic carbocycles. The summed E-state index contributed by atoms with van der Waals surface area (Å²) in [7, 11) is 0. The van der Waals surface area contributed by atoms with Crippen molar-refractivity contribution < 1.29 is 14.6 Å². The molecular weight excluding hydrogens is 328 g/mol. The molecule has 1 aromatic rings. The minimum atomic E-state index is -0.0120. The highest BCUT2D eigenvalue weighted by Crippen LogP contribution is 2.71. The number of aryl methyl sites for hydroxylation is 1. The van der Waals surface area contributed by atoms with Crippen molar-refractivity contribution >= 4 is 0 Å². The first-order valence-electron chi connectivity index (χ1n) is 10.1. The predicted molar refractivity (Wildman–Crippen MR) is 99.9 cm³/mol. The first-order valence-corrected chi connectivity index (χ1v) is 10.1. The number of rotatable bonds is 8. The largest absolute Gasteiger partial charge is 0.394 e. The molecule has 4 fully saturated rings. The van der Waals surface area contributed by atoms with Gasteiger partial charge in [-0.2, -0.15) is 5.10 Å². The summed E-state index contributed by atoms with van der Waals surface area (Å²) in [5.41, 5.74) is 2.28. The molecule has 2 atom stereocenters. The molecule has 0 radical (unpaired) electrons. The molecule has 4 saturated carbocycles. The summed E-state index contributed by atoms with van der Waals surface area (Å²) in [6, 6.07) is 2.11. The highest BCUT2D eigenvalue weighted by atomic mass is 16.5. The second kappa shape index (κ2) is 6.32. The van der Waals surface area contributed by atoms with E-state index in [0.717, 1.165) is 13.0 Å². The second-order valence-corrected chi connectivity index (χ2v) is 10.2. The van der Waals surface area contributed by atoms with Crippen LogP contribution in [-0.2, 0) is 16.0 Å². The van der Waals surface area contributed by atoms with E-state index in [2.05, 4.69) is 36.6 Å². The van der Waals surface area contributed by atoms with Crippen molar-refractivity contribution in [2.75, 3.05) is 26.4 Å². The van der Waals surface area contributed by atoms with E-state index in [1.165, 1.54) is 37.8 Å². The summed E-state index contributed by atoms with van der Waals surface area (Å²) in [6.07, 6.45) is 9.33. The van der Waals surface area contributed by atoms with Gasteiger partial charge in [0, 0.05) is 18.4 Å². The van der Waals surface area contributed by atoms with Gasteiger partial charge in [0.25, 0.3) is 0 Å². The number of hydrogen-bond donors (Lipinski definition) is 1. The third kappa shape index (κ3) is 3.34. The molecule has 4 bridgehead atoms. The van der Waals surface area contributed by atoms with Gasteiger partial charge in [0.2, 0.25) is 0 Å². The molecule has 0 aliphatic heterocycles. The van der Waals surface area contributed by atoms with E-state index in [1.807, 2.05) is 6.20 Å². The molecule has 5 heteroatoms. The Labute approximate surface area is 157 Å². The van der Waals surface area contributed by atoms with Gasteiger partial charge < -0.3 is 14.6 Å². The van der Waals surface area contributed by atoms with Crippen LogP contribution >= 0.6 is 0 Å². The zero-order valence-corrected chi connectivity index (χ0v) is 16.6. The number of aromatic nitrogens is 2. The van der Waals surface area contributed by atoms with Crippen LogP contribution in [0.1, 0.15) is 58.1 Å². The monoisotopic (exact) mass is 362 g/mol. The first kappa shape index (κ1) is 18.5. The van der Waals surface area contributed by atoms with Crippen molar-refractivity contribution in [1.82, 2.24) is 9.78 Å². The maximum atomic E-state index is 8.87. The van der Waals surface area contributed by atoms with Crippen molar-refractivity contribution in [2.45, 2.75) is 71.4 Å². The molecule has 26 heavy (non-hydrogen) atoms. The summed E-state index contributed by atoms with van der Waals surface area (Å²) >= 11 is 0. The van der Waals surface area contributed by atoms with Crippen molar-refractivity contribution in [1.29, 1.82) is 0 Å². The van der Waals surface area contributed by atoms with E-state index >= 15 is 0 Å². The average molecular weight is 363 g/mol. The van der Waals surface area contributed by atoms with Crippen LogP contribution < -0.4 is 0 Å². The normalized spacial score (nSPS) is 41.1. The van der Waals surface area contributed by atoms with Crippen LogP contribution in [-0.4, -0.2) is 46.9 Å². The molecule has 5 nitrogen and oxygen atoms in total. The third-order valence-electron chi connectivity index (χ3n) is 6.94. The Hall–Kier alpha value is -0.910. The van der Waals surface area contributed by atoms with Gasteiger partial charge in [0.05, 0.1) is 32.0 Å². The Morgan fingerprint density at radius 1 is 1.04 bits per heavy atom. The Morgan fingerprint density at radius 3 is 2.38 bits per heavy atom. The van der Waals surface area contributed by atoms with Gasteiger partial charge in [-0.05, 0) is 67.8 Å². The Morgan fingerprint density at radius 2 is 1.77 bits per heavy atom. The molecule has 0 amide bonds. The van der Waals surface area contributed by atoms with Gasteiger partial charge in [0.15, 0.2) is 0 Å². The summed E-state index contributed by atoms with van der Waals surface area (Å²) in [4.78, 5) is 0. The smallest absolute Gasteiger partial charge is 0.0708 e.